The number of hydrogen-bond acceptors (Lipinski definition) is 2. The van der Waals surface area contributed by atoms with Crippen LogP contribution in [0, 0.1) is 0 Å². The van der Waals surface area contributed by atoms with Gasteiger partial charge in [0.1, 0.15) is 6.54 Å². The Labute approximate surface area is 110 Å². The second-order valence-electron chi connectivity index (χ2n) is 4.41. The first-order chi connectivity index (χ1) is 9.10. The van der Waals surface area contributed by atoms with Gasteiger partial charge in [-0.1, -0.05) is 6.92 Å². The van der Waals surface area contributed by atoms with E-state index in [1.165, 1.54) is 0 Å². The molecule has 2 rings (SSSR count). The molecule has 2 aromatic rings. The van der Waals surface area contributed by atoms with Crippen molar-refractivity contribution in [2.45, 2.75) is 26.3 Å². The number of nitrogens with one attached hydrogen (secondary N) is 1. The summed E-state index contributed by atoms with van der Waals surface area (Å²) in [6.07, 6.45) is 3.04. The Bertz CT molecular complexity index is 616. The molecule has 0 aliphatic carbocycles. The smallest absolute Gasteiger partial charge is 0.323 e. The van der Waals surface area contributed by atoms with Crippen molar-refractivity contribution >= 4 is 28.5 Å². The summed E-state index contributed by atoms with van der Waals surface area (Å²) in [6.45, 7) is 1.89. The topological polar surface area (TPSA) is 71.3 Å². The van der Waals surface area contributed by atoms with Crippen molar-refractivity contribution in [2.24, 2.45) is 0 Å². The lowest BCUT2D eigenvalue weighted by molar-refractivity contribution is -0.137. The van der Waals surface area contributed by atoms with Crippen LogP contribution in [0.25, 0.3) is 10.9 Å². The van der Waals surface area contributed by atoms with Crippen LogP contribution >= 0.6 is 0 Å². The van der Waals surface area contributed by atoms with E-state index in [1.54, 1.807) is 16.8 Å². The number of nitrogens with zero attached hydrogens (tertiary/aromatic N) is 1. The maximum atomic E-state index is 11.5. The number of carboxylic acid groups (broad SMARTS) is 1. The van der Waals surface area contributed by atoms with Crippen LogP contribution in [-0.4, -0.2) is 21.6 Å². The normalized spacial score (nSPS) is 10.6. The molecule has 19 heavy (non-hydrogen) atoms. The van der Waals surface area contributed by atoms with Crippen LogP contribution in [0.2, 0.25) is 0 Å². The summed E-state index contributed by atoms with van der Waals surface area (Å²) in [6, 6.07) is 7.29. The molecule has 5 heteroatoms. The number of carbonyl (C=O) groups is 2. The van der Waals surface area contributed by atoms with Gasteiger partial charge in [0, 0.05) is 29.2 Å². The van der Waals surface area contributed by atoms with Gasteiger partial charge in [0.25, 0.3) is 0 Å². The molecular formula is C14H16N2O3. The number of anilines is 1. The molecule has 100 valence electrons. The van der Waals surface area contributed by atoms with Crippen molar-refractivity contribution in [3.8, 4) is 0 Å². The molecule has 2 N–H and O–H groups in total. The van der Waals surface area contributed by atoms with Gasteiger partial charge in [-0.3, -0.25) is 9.59 Å². The van der Waals surface area contributed by atoms with Gasteiger partial charge in [-0.2, -0.15) is 0 Å². The number of amides is 1. The lowest BCUT2D eigenvalue weighted by atomic mass is 10.2. The zero-order valence-electron chi connectivity index (χ0n) is 10.7. The predicted molar refractivity (Wildman–Crippen MR) is 73.1 cm³/mol. The van der Waals surface area contributed by atoms with Crippen molar-refractivity contribution in [3.05, 3.63) is 30.5 Å². The van der Waals surface area contributed by atoms with Crippen molar-refractivity contribution in [1.82, 2.24) is 4.57 Å². The fourth-order valence-electron chi connectivity index (χ4n) is 2.01. The molecule has 0 aliphatic rings. The highest BCUT2D eigenvalue weighted by Gasteiger charge is 2.06. The average Bonchev–Trinajstić information content (AvgIpc) is 2.71. The van der Waals surface area contributed by atoms with E-state index in [1.807, 2.05) is 25.1 Å². The zero-order valence-corrected chi connectivity index (χ0v) is 10.7. The number of carboxylic acids is 1. The number of benzene rings is 1. The molecule has 1 amide bonds. The number of rotatable bonds is 5. The summed E-state index contributed by atoms with van der Waals surface area (Å²) in [5.41, 5.74) is 1.58. The molecule has 1 aromatic heterocycles. The monoisotopic (exact) mass is 260 g/mol. The van der Waals surface area contributed by atoms with Crippen LogP contribution in [0.5, 0.6) is 0 Å². The minimum Gasteiger partial charge on any atom is -0.480 e. The fraction of sp³-hybridized carbons (Fsp3) is 0.286. The molecule has 5 nitrogen and oxygen atoms in total. The first-order valence-corrected chi connectivity index (χ1v) is 6.20. The molecule has 1 aromatic carbocycles. The maximum absolute atomic E-state index is 11.5. The van der Waals surface area contributed by atoms with E-state index in [0.717, 1.165) is 23.0 Å². The van der Waals surface area contributed by atoms with Crippen LogP contribution in [-0.2, 0) is 16.1 Å². The van der Waals surface area contributed by atoms with E-state index >= 15 is 0 Å². The fourth-order valence-corrected chi connectivity index (χ4v) is 2.01. The number of fused-ring (bicyclic) bond motifs is 1. The van der Waals surface area contributed by atoms with E-state index < -0.39 is 5.97 Å². The van der Waals surface area contributed by atoms with Gasteiger partial charge in [-0.25, -0.2) is 0 Å². The lowest BCUT2D eigenvalue weighted by Crippen LogP contribution is -2.10. The van der Waals surface area contributed by atoms with Crippen LogP contribution in [0.1, 0.15) is 19.8 Å². The summed E-state index contributed by atoms with van der Waals surface area (Å²) in [4.78, 5) is 22.2. The highest BCUT2D eigenvalue weighted by Crippen LogP contribution is 2.20. The van der Waals surface area contributed by atoms with Gasteiger partial charge in [-0.15, -0.1) is 0 Å². The number of hydrogen-bond donors (Lipinski definition) is 2. The number of carbonyl (C=O) groups excluding carboxylic acids is 1. The first kappa shape index (κ1) is 13.1. The van der Waals surface area contributed by atoms with Gasteiger partial charge in [0.15, 0.2) is 0 Å². The van der Waals surface area contributed by atoms with Gasteiger partial charge in [-0.05, 0) is 30.7 Å². The van der Waals surface area contributed by atoms with Gasteiger partial charge >= 0.3 is 5.97 Å². The minimum atomic E-state index is -0.877. The van der Waals surface area contributed by atoms with Crippen molar-refractivity contribution in [2.75, 3.05) is 5.32 Å². The Morgan fingerprint density at radius 1 is 1.32 bits per heavy atom. The summed E-state index contributed by atoms with van der Waals surface area (Å²) in [5, 5.41) is 12.5. The van der Waals surface area contributed by atoms with Crippen molar-refractivity contribution in [1.29, 1.82) is 0 Å². The Kier molecular flexibility index (Phi) is 3.85. The molecule has 0 bridgehead atoms. The molecule has 0 aliphatic heterocycles. The summed E-state index contributed by atoms with van der Waals surface area (Å²) >= 11 is 0. The van der Waals surface area contributed by atoms with E-state index in [0.29, 0.717) is 6.42 Å². The molecule has 0 unspecified atom stereocenters. The number of aliphatic carboxylic acids is 1. The second kappa shape index (κ2) is 5.56. The zero-order chi connectivity index (χ0) is 13.8. The Morgan fingerprint density at radius 3 is 2.79 bits per heavy atom. The van der Waals surface area contributed by atoms with Crippen LogP contribution in [0.4, 0.5) is 5.69 Å². The Morgan fingerprint density at radius 2 is 2.11 bits per heavy atom. The third-order valence-electron chi connectivity index (χ3n) is 2.84. The molecule has 1 heterocycles. The SMILES string of the molecule is CCCC(=O)Nc1ccc2c(ccn2CC(=O)O)c1. The van der Waals surface area contributed by atoms with Gasteiger partial charge in [0.2, 0.25) is 5.91 Å². The number of aromatic nitrogens is 1. The molecule has 0 atom stereocenters. The van der Waals surface area contributed by atoms with Crippen LogP contribution in [0.15, 0.2) is 30.5 Å². The Balaban J connectivity index is 2.22. The maximum Gasteiger partial charge on any atom is 0.323 e. The van der Waals surface area contributed by atoms with Crippen molar-refractivity contribution in [3.63, 3.8) is 0 Å². The Hall–Kier alpha value is -2.30. The lowest BCUT2D eigenvalue weighted by Gasteiger charge is -2.05. The second-order valence-corrected chi connectivity index (χ2v) is 4.41. The van der Waals surface area contributed by atoms with Crippen molar-refractivity contribution < 1.29 is 14.7 Å². The van der Waals surface area contributed by atoms with E-state index in [2.05, 4.69) is 5.32 Å². The van der Waals surface area contributed by atoms with Crippen LogP contribution in [0.3, 0.4) is 0 Å². The molecule has 0 fully saturated rings. The molecule has 0 saturated carbocycles. The largest absolute Gasteiger partial charge is 0.480 e. The summed E-state index contributed by atoms with van der Waals surface area (Å²) < 4.78 is 1.66. The quantitative estimate of drug-likeness (QED) is 0.867. The van der Waals surface area contributed by atoms with E-state index in [9.17, 15) is 9.59 Å². The highest BCUT2D eigenvalue weighted by molar-refractivity contribution is 5.94. The standard InChI is InChI=1S/C14H16N2O3/c1-2-3-13(17)15-11-4-5-12-10(8-11)6-7-16(12)9-14(18)19/h4-8H,2-3,9H2,1H3,(H,15,17)(H,18,19). The van der Waals surface area contributed by atoms with Gasteiger partial charge < -0.3 is 15.0 Å². The predicted octanol–water partition coefficient (Wildman–Crippen LogP) is 2.46. The first-order valence-electron chi connectivity index (χ1n) is 6.20. The highest BCUT2D eigenvalue weighted by atomic mass is 16.4. The minimum absolute atomic E-state index is 0.00758. The van der Waals surface area contributed by atoms with E-state index in [-0.39, 0.29) is 12.5 Å². The summed E-state index contributed by atoms with van der Waals surface area (Å²) in [7, 11) is 0. The third kappa shape index (κ3) is 3.13. The molecular weight excluding hydrogens is 244 g/mol. The molecule has 0 saturated heterocycles. The van der Waals surface area contributed by atoms with Gasteiger partial charge in [0.05, 0.1) is 0 Å². The summed E-state index contributed by atoms with van der Waals surface area (Å²) in [5.74, 6) is -0.885. The average molecular weight is 260 g/mol. The third-order valence-corrected chi connectivity index (χ3v) is 2.84. The van der Waals surface area contributed by atoms with E-state index in [4.69, 9.17) is 5.11 Å². The van der Waals surface area contributed by atoms with Crippen LogP contribution < -0.4 is 5.32 Å². The molecule has 0 spiro atoms. The molecule has 0 radical (unpaired) electrons.